The molecule has 0 aliphatic heterocycles. The number of alkyl halides is 1. The minimum Gasteiger partial charge on any atom is -0.207 e. The van der Waals surface area contributed by atoms with Crippen molar-refractivity contribution in [3.63, 3.8) is 0 Å². The molecule has 0 nitrogen and oxygen atoms in total. The SMILES string of the molecule is Fc1cc(Br)cc(C(Br)c2csc3ccccc23)c1. The maximum absolute atomic E-state index is 13.5. The van der Waals surface area contributed by atoms with Gasteiger partial charge in [0.15, 0.2) is 0 Å². The van der Waals surface area contributed by atoms with Gasteiger partial charge in [0.1, 0.15) is 5.82 Å². The average molecular weight is 400 g/mol. The van der Waals surface area contributed by atoms with E-state index in [1.54, 1.807) is 17.4 Å². The van der Waals surface area contributed by atoms with Crippen LogP contribution in [0.3, 0.4) is 0 Å². The van der Waals surface area contributed by atoms with Crippen molar-refractivity contribution in [2.45, 2.75) is 4.83 Å². The molecular formula is C15H9Br2FS. The van der Waals surface area contributed by atoms with Crippen molar-refractivity contribution in [2.24, 2.45) is 0 Å². The Morgan fingerprint density at radius 2 is 1.89 bits per heavy atom. The Balaban J connectivity index is 2.10. The molecule has 0 spiro atoms. The number of halogens is 3. The highest BCUT2D eigenvalue weighted by Crippen LogP contribution is 2.39. The van der Waals surface area contributed by atoms with Crippen molar-refractivity contribution in [3.05, 3.63) is 69.3 Å². The predicted molar refractivity (Wildman–Crippen MR) is 86.7 cm³/mol. The molecule has 1 heterocycles. The molecule has 0 aliphatic carbocycles. The molecule has 3 rings (SSSR count). The van der Waals surface area contributed by atoms with E-state index < -0.39 is 0 Å². The van der Waals surface area contributed by atoms with E-state index in [4.69, 9.17) is 0 Å². The Hall–Kier alpha value is -0.710. The minimum atomic E-state index is -0.228. The Bertz CT molecular complexity index is 716. The fraction of sp³-hybridized carbons (Fsp3) is 0.0667. The Morgan fingerprint density at radius 3 is 2.68 bits per heavy atom. The topological polar surface area (TPSA) is 0 Å². The van der Waals surface area contributed by atoms with Crippen LogP contribution in [0.2, 0.25) is 0 Å². The molecule has 0 saturated carbocycles. The van der Waals surface area contributed by atoms with Crippen molar-refractivity contribution >= 4 is 53.3 Å². The first-order chi connectivity index (χ1) is 9.15. The summed E-state index contributed by atoms with van der Waals surface area (Å²) >= 11 is 8.73. The molecule has 2 aromatic carbocycles. The zero-order chi connectivity index (χ0) is 13.4. The van der Waals surface area contributed by atoms with Crippen LogP contribution < -0.4 is 0 Å². The van der Waals surface area contributed by atoms with Crippen molar-refractivity contribution in [1.82, 2.24) is 0 Å². The van der Waals surface area contributed by atoms with Crippen molar-refractivity contribution in [3.8, 4) is 0 Å². The second kappa shape index (κ2) is 5.35. The lowest BCUT2D eigenvalue weighted by atomic mass is 10.0. The Labute approximate surface area is 131 Å². The van der Waals surface area contributed by atoms with E-state index in [9.17, 15) is 4.39 Å². The van der Waals surface area contributed by atoms with Gasteiger partial charge in [-0.15, -0.1) is 11.3 Å². The monoisotopic (exact) mass is 398 g/mol. The number of hydrogen-bond donors (Lipinski definition) is 0. The van der Waals surface area contributed by atoms with Gasteiger partial charge in [0.25, 0.3) is 0 Å². The molecule has 0 aliphatic rings. The summed E-state index contributed by atoms with van der Waals surface area (Å²) in [6.45, 7) is 0. The molecule has 96 valence electrons. The van der Waals surface area contributed by atoms with Crippen LogP contribution >= 0.6 is 43.2 Å². The van der Waals surface area contributed by atoms with Crippen molar-refractivity contribution < 1.29 is 4.39 Å². The number of fused-ring (bicyclic) bond motifs is 1. The van der Waals surface area contributed by atoms with E-state index in [-0.39, 0.29) is 10.6 Å². The molecule has 3 aromatic rings. The molecule has 0 fully saturated rings. The lowest BCUT2D eigenvalue weighted by Gasteiger charge is -2.10. The number of rotatable bonds is 2. The predicted octanol–water partition coefficient (Wildman–Crippen LogP) is 6.29. The molecule has 1 aromatic heterocycles. The zero-order valence-electron chi connectivity index (χ0n) is 9.74. The van der Waals surface area contributed by atoms with Gasteiger partial charge in [0, 0.05) is 9.17 Å². The van der Waals surface area contributed by atoms with Crippen LogP contribution in [0.15, 0.2) is 52.3 Å². The zero-order valence-corrected chi connectivity index (χ0v) is 13.7. The third-order valence-corrected chi connectivity index (χ3v) is 5.42. The Morgan fingerprint density at radius 1 is 1.11 bits per heavy atom. The van der Waals surface area contributed by atoms with Crippen LogP contribution in [0, 0.1) is 5.82 Å². The first-order valence-electron chi connectivity index (χ1n) is 5.71. The van der Waals surface area contributed by atoms with E-state index >= 15 is 0 Å². The highest BCUT2D eigenvalue weighted by Gasteiger charge is 2.16. The maximum Gasteiger partial charge on any atom is 0.124 e. The molecule has 0 N–H and O–H groups in total. The van der Waals surface area contributed by atoms with E-state index in [2.05, 4.69) is 49.4 Å². The molecule has 0 bridgehead atoms. The normalized spacial score (nSPS) is 12.8. The van der Waals surface area contributed by atoms with Gasteiger partial charge < -0.3 is 0 Å². The highest BCUT2D eigenvalue weighted by molar-refractivity contribution is 9.10. The van der Waals surface area contributed by atoms with Crippen molar-refractivity contribution in [1.29, 1.82) is 0 Å². The fourth-order valence-electron chi connectivity index (χ4n) is 2.10. The number of hydrogen-bond acceptors (Lipinski definition) is 1. The third kappa shape index (κ3) is 2.62. The summed E-state index contributed by atoms with van der Waals surface area (Å²) in [5.74, 6) is -0.228. The molecule has 0 saturated heterocycles. The quantitative estimate of drug-likeness (QED) is 0.444. The van der Waals surface area contributed by atoms with Crippen molar-refractivity contribution in [2.75, 3.05) is 0 Å². The molecule has 19 heavy (non-hydrogen) atoms. The van der Waals surface area contributed by atoms with Gasteiger partial charge in [-0.3, -0.25) is 0 Å². The van der Waals surface area contributed by atoms with Gasteiger partial charge in [0.05, 0.1) is 4.83 Å². The van der Waals surface area contributed by atoms with Crippen LogP contribution in [-0.4, -0.2) is 0 Å². The minimum absolute atomic E-state index is 0.00403. The molecule has 1 unspecified atom stereocenters. The van der Waals surface area contributed by atoms with Gasteiger partial charge in [0.2, 0.25) is 0 Å². The lowest BCUT2D eigenvalue weighted by Crippen LogP contribution is -1.93. The molecule has 4 heteroatoms. The smallest absolute Gasteiger partial charge is 0.124 e. The summed E-state index contributed by atoms with van der Waals surface area (Å²) in [6.07, 6.45) is 0. The summed E-state index contributed by atoms with van der Waals surface area (Å²) in [6, 6.07) is 13.2. The van der Waals surface area contributed by atoms with E-state index in [0.29, 0.717) is 0 Å². The maximum atomic E-state index is 13.5. The standard InChI is InChI=1S/C15H9Br2FS/c16-10-5-9(6-11(18)7-10)15(17)13-8-19-14-4-2-1-3-12(13)14/h1-8,15H. The van der Waals surface area contributed by atoms with Gasteiger partial charge in [-0.1, -0.05) is 50.1 Å². The average Bonchev–Trinajstić information content (AvgIpc) is 2.80. The summed E-state index contributed by atoms with van der Waals surface area (Å²) in [5, 5.41) is 3.35. The summed E-state index contributed by atoms with van der Waals surface area (Å²) in [7, 11) is 0. The van der Waals surface area contributed by atoms with E-state index in [1.165, 1.54) is 21.7 Å². The third-order valence-electron chi connectivity index (χ3n) is 2.96. The van der Waals surface area contributed by atoms with E-state index in [0.717, 1.165) is 10.0 Å². The first-order valence-corrected chi connectivity index (χ1v) is 8.30. The van der Waals surface area contributed by atoms with Crippen LogP contribution in [0.1, 0.15) is 16.0 Å². The summed E-state index contributed by atoms with van der Waals surface area (Å²) in [4.78, 5) is -0.00403. The fourth-order valence-corrected chi connectivity index (χ4v) is 4.38. The molecule has 0 amide bonds. The van der Waals surface area contributed by atoms with Crippen LogP contribution in [-0.2, 0) is 0 Å². The Kier molecular flexibility index (Phi) is 3.74. The number of thiophene rings is 1. The van der Waals surface area contributed by atoms with Crippen LogP contribution in [0.4, 0.5) is 4.39 Å². The van der Waals surface area contributed by atoms with Gasteiger partial charge >= 0.3 is 0 Å². The van der Waals surface area contributed by atoms with Crippen LogP contribution in [0.5, 0.6) is 0 Å². The lowest BCUT2D eigenvalue weighted by molar-refractivity contribution is 0.625. The van der Waals surface area contributed by atoms with Gasteiger partial charge in [-0.2, -0.15) is 0 Å². The summed E-state index contributed by atoms with van der Waals surface area (Å²) < 4.78 is 15.5. The molecule has 1 atom stereocenters. The molecular weight excluding hydrogens is 391 g/mol. The van der Waals surface area contributed by atoms with Gasteiger partial charge in [-0.05, 0) is 46.2 Å². The molecule has 0 radical (unpaired) electrons. The second-order valence-corrected chi connectivity index (χ2v) is 7.00. The highest BCUT2D eigenvalue weighted by atomic mass is 79.9. The number of benzene rings is 2. The van der Waals surface area contributed by atoms with E-state index in [1.807, 2.05) is 18.2 Å². The second-order valence-electron chi connectivity index (χ2n) is 4.25. The summed E-state index contributed by atoms with van der Waals surface area (Å²) in [5.41, 5.74) is 2.09. The first kappa shape index (κ1) is 13.3. The van der Waals surface area contributed by atoms with Gasteiger partial charge in [-0.25, -0.2) is 4.39 Å². The van der Waals surface area contributed by atoms with Crippen LogP contribution in [0.25, 0.3) is 10.1 Å². The largest absolute Gasteiger partial charge is 0.207 e.